The third-order valence-corrected chi connectivity index (χ3v) is 3.83. The third-order valence-electron chi connectivity index (χ3n) is 3.83. The van der Waals surface area contributed by atoms with Gasteiger partial charge in [0.1, 0.15) is 12.4 Å². The van der Waals surface area contributed by atoms with Gasteiger partial charge < -0.3 is 10.6 Å². The SMILES string of the molecule is O=C1CN=C(NC2CCNCC2)c2cc([N+](=O)[O-])ccc21. The monoisotopic (exact) mass is 288 g/mol. The van der Waals surface area contributed by atoms with E-state index < -0.39 is 4.92 Å². The molecule has 110 valence electrons. The Morgan fingerprint density at radius 3 is 2.76 bits per heavy atom. The highest BCUT2D eigenvalue weighted by atomic mass is 16.6. The van der Waals surface area contributed by atoms with E-state index >= 15 is 0 Å². The average molecular weight is 288 g/mol. The van der Waals surface area contributed by atoms with Gasteiger partial charge in [0.2, 0.25) is 0 Å². The number of carbonyl (C=O) groups excluding carboxylic acids is 1. The lowest BCUT2D eigenvalue weighted by Gasteiger charge is -2.27. The van der Waals surface area contributed by atoms with E-state index in [0.29, 0.717) is 17.0 Å². The zero-order valence-corrected chi connectivity index (χ0v) is 11.5. The largest absolute Gasteiger partial charge is 0.367 e. The van der Waals surface area contributed by atoms with Crippen molar-refractivity contribution in [2.24, 2.45) is 4.99 Å². The van der Waals surface area contributed by atoms with Crippen LogP contribution >= 0.6 is 0 Å². The van der Waals surface area contributed by atoms with E-state index in [1.807, 2.05) is 0 Å². The molecule has 0 aliphatic carbocycles. The highest BCUT2D eigenvalue weighted by molar-refractivity contribution is 6.14. The summed E-state index contributed by atoms with van der Waals surface area (Å²) in [6.45, 7) is 1.97. The van der Waals surface area contributed by atoms with Crippen LogP contribution in [0, 0.1) is 10.1 Å². The van der Waals surface area contributed by atoms with E-state index in [4.69, 9.17) is 0 Å². The van der Waals surface area contributed by atoms with E-state index in [9.17, 15) is 14.9 Å². The second kappa shape index (κ2) is 5.61. The minimum atomic E-state index is -0.457. The van der Waals surface area contributed by atoms with Crippen molar-refractivity contribution in [3.63, 3.8) is 0 Å². The number of piperidine rings is 1. The lowest BCUT2D eigenvalue weighted by Crippen LogP contribution is -2.44. The highest BCUT2D eigenvalue weighted by Crippen LogP contribution is 2.22. The second-order valence-corrected chi connectivity index (χ2v) is 5.24. The number of nitro benzene ring substituents is 1. The first-order chi connectivity index (χ1) is 10.1. The topological polar surface area (TPSA) is 96.6 Å². The van der Waals surface area contributed by atoms with Crippen molar-refractivity contribution in [1.29, 1.82) is 0 Å². The van der Waals surface area contributed by atoms with Crippen molar-refractivity contribution >= 4 is 17.3 Å². The molecule has 1 fully saturated rings. The van der Waals surface area contributed by atoms with Gasteiger partial charge in [0.15, 0.2) is 5.78 Å². The number of aliphatic imine (C=N–C) groups is 1. The Morgan fingerprint density at radius 1 is 1.29 bits per heavy atom. The molecule has 0 unspecified atom stereocenters. The van der Waals surface area contributed by atoms with Gasteiger partial charge in [0, 0.05) is 29.3 Å². The number of nitrogens with one attached hydrogen (secondary N) is 2. The van der Waals surface area contributed by atoms with Gasteiger partial charge in [-0.15, -0.1) is 0 Å². The van der Waals surface area contributed by atoms with Crippen LogP contribution in [0.5, 0.6) is 0 Å². The molecule has 0 spiro atoms. The summed E-state index contributed by atoms with van der Waals surface area (Å²) in [5.74, 6) is 0.496. The molecular formula is C14H16N4O3. The molecular weight excluding hydrogens is 272 g/mol. The maximum atomic E-state index is 11.9. The van der Waals surface area contributed by atoms with E-state index in [1.54, 1.807) is 0 Å². The van der Waals surface area contributed by atoms with Gasteiger partial charge >= 0.3 is 0 Å². The van der Waals surface area contributed by atoms with Crippen LogP contribution < -0.4 is 10.6 Å². The normalized spacial score (nSPS) is 18.9. The predicted octanol–water partition coefficient (Wildman–Crippen LogP) is 0.879. The molecule has 2 N–H and O–H groups in total. The standard InChI is InChI=1S/C14H16N4O3/c19-13-8-16-14(17-9-3-5-15-6-4-9)12-7-10(18(20)21)1-2-11(12)13/h1-2,7,9,15H,3-6,8H2,(H,16,17). The fraction of sp³-hybridized carbons (Fsp3) is 0.429. The number of rotatable bonds is 2. The van der Waals surface area contributed by atoms with Crippen molar-refractivity contribution in [2.45, 2.75) is 18.9 Å². The van der Waals surface area contributed by atoms with Crippen molar-refractivity contribution in [3.05, 3.63) is 39.4 Å². The summed E-state index contributed by atoms with van der Waals surface area (Å²) in [5.41, 5.74) is 1.02. The molecule has 2 heterocycles. The summed E-state index contributed by atoms with van der Waals surface area (Å²) >= 11 is 0. The molecule has 3 rings (SSSR count). The maximum absolute atomic E-state index is 11.9. The molecule has 2 aliphatic heterocycles. The van der Waals surface area contributed by atoms with Crippen LogP contribution in [0.2, 0.25) is 0 Å². The van der Waals surface area contributed by atoms with E-state index in [2.05, 4.69) is 15.6 Å². The van der Waals surface area contributed by atoms with Crippen LogP contribution in [0.3, 0.4) is 0 Å². The molecule has 0 aromatic heterocycles. The highest BCUT2D eigenvalue weighted by Gasteiger charge is 2.25. The van der Waals surface area contributed by atoms with Crippen molar-refractivity contribution in [2.75, 3.05) is 19.6 Å². The molecule has 7 heteroatoms. The number of nitro groups is 1. The van der Waals surface area contributed by atoms with Crippen LogP contribution in [-0.4, -0.2) is 42.2 Å². The van der Waals surface area contributed by atoms with E-state index in [-0.39, 0.29) is 24.1 Å². The first kappa shape index (κ1) is 13.7. The first-order valence-electron chi connectivity index (χ1n) is 6.99. The maximum Gasteiger partial charge on any atom is 0.270 e. The Morgan fingerprint density at radius 2 is 2.05 bits per heavy atom. The minimum Gasteiger partial charge on any atom is -0.367 e. The summed E-state index contributed by atoms with van der Waals surface area (Å²) in [7, 11) is 0. The Labute approximate surface area is 121 Å². The lowest BCUT2D eigenvalue weighted by molar-refractivity contribution is -0.384. The molecule has 0 radical (unpaired) electrons. The smallest absolute Gasteiger partial charge is 0.270 e. The zero-order valence-electron chi connectivity index (χ0n) is 11.5. The Hall–Kier alpha value is -2.28. The number of carbonyl (C=O) groups is 1. The molecule has 1 aromatic carbocycles. The predicted molar refractivity (Wildman–Crippen MR) is 77.9 cm³/mol. The average Bonchev–Trinajstić information content (AvgIpc) is 2.51. The van der Waals surface area contributed by atoms with Crippen LogP contribution in [0.1, 0.15) is 28.8 Å². The molecule has 1 aromatic rings. The fourth-order valence-corrected chi connectivity index (χ4v) is 2.69. The molecule has 1 saturated heterocycles. The molecule has 2 aliphatic rings. The molecule has 0 bridgehead atoms. The molecule has 0 amide bonds. The van der Waals surface area contributed by atoms with Gasteiger partial charge in [-0.25, -0.2) is 0 Å². The van der Waals surface area contributed by atoms with Crippen molar-refractivity contribution < 1.29 is 9.72 Å². The summed E-state index contributed by atoms with van der Waals surface area (Å²) in [5, 5.41) is 17.5. The zero-order chi connectivity index (χ0) is 14.8. The van der Waals surface area contributed by atoms with Gasteiger partial charge in [-0.05, 0) is 32.0 Å². The summed E-state index contributed by atoms with van der Waals surface area (Å²) in [6, 6.07) is 4.60. The Kier molecular flexibility index (Phi) is 3.66. The van der Waals surface area contributed by atoms with Gasteiger partial charge in [0.05, 0.1) is 4.92 Å². The van der Waals surface area contributed by atoms with Crippen LogP contribution in [0.4, 0.5) is 5.69 Å². The minimum absolute atomic E-state index is 0.0248. The van der Waals surface area contributed by atoms with Crippen LogP contribution in [-0.2, 0) is 0 Å². The van der Waals surface area contributed by atoms with Gasteiger partial charge in [0.25, 0.3) is 5.69 Å². The number of Topliss-reactive ketones (excluding diaryl/α,β-unsaturated/α-hetero) is 1. The van der Waals surface area contributed by atoms with Crippen molar-refractivity contribution in [3.8, 4) is 0 Å². The van der Waals surface area contributed by atoms with Crippen molar-refractivity contribution in [1.82, 2.24) is 10.6 Å². The number of ketones is 1. The molecule has 21 heavy (non-hydrogen) atoms. The van der Waals surface area contributed by atoms with Crippen LogP contribution in [0.15, 0.2) is 23.2 Å². The van der Waals surface area contributed by atoms with E-state index in [0.717, 1.165) is 25.9 Å². The van der Waals surface area contributed by atoms with Gasteiger partial charge in [-0.2, -0.15) is 0 Å². The van der Waals surface area contributed by atoms with E-state index in [1.165, 1.54) is 18.2 Å². The number of hydrogen-bond acceptors (Lipinski definition) is 6. The summed E-state index contributed by atoms with van der Waals surface area (Å²) < 4.78 is 0. The summed E-state index contributed by atoms with van der Waals surface area (Å²) in [4.78, 5) is 26.6. The third kappa shape index (κ3) is 2.78. The van der Waals surface area contributed by atoms with Crippen LogP contribution in [0.25, 0.3) is 0 Å². The van der Waals surface area contributed by atoms with Gasteiger partial charge in [-0.3, -0.25) is 19.9 Å². The molecule has 0 saturated carbocycles. The molecule has 0 atom stereocenters. The number of nitrogens with zero attached hydrogens (tertiary/aromatic N) is 2. The lowest BCUT2D eigenvalue weighted by atomic mass is 9.98. The Balaban J connectivity index is 1.90. The van der Waals surface area contributed by atoms with Gasteiger partial charge in [-0.1, -0.05) is 0 Å². The molecule has 7 nitrogen and oxygen atoms in total. The Bertz CT molecular complexity index is 621. The quantitative estimate of drug-likeness (QED) is 0.622. The second-order valence-electron chi connectivity index (χ2n) is 5.24. The fourth-order valence-electron chi connectivity index (χ4n) is 2.69. The number of benzene rings is 1. The number of hydrogen-bond donors (Lipinski definition) is 2. The number of fused-ring (bicyclic) bond motifs is 1. The summed E-state index contributed by atoms with van der Waals surface area (Å²) in [6.07, 6.45) is 1.94. The number of amidine groups is 1. The first-order valence-corrected chi connectivity index (χ1v) is 6.99. The number of non-ortho nitro benzene ring substituents is 1.